The number of hydrogen-bond acceptors (Lipinski definition) is 3. The minimum atomic E-state index is -0.462. The third-order valence-corrected chi connectivity index (χ3v) is 3.51. The normalized spacial score (nSPS) is 13.0. The Balaban J connectivity index is 1.71. The van der Waals surface area contributed by atoms with Crippen LogP contribution in [0.5, 0.6) is 0 Å². The minimum Gasteiger partial charge on any atom is -0.444 e. The molecule has 1 aromatic heterocycles. The molecule has 0 aliphatic carbocycles. The van der Waals surface area contributed by atoms with Gasteiger partial charge in [-0.3, -0.25) is 0 Å². The molecule has 1 atom stereocenters. The molecule has 0 spiro atoms. The van der Waals surface area contributed by atoms with Gasteiger partial charge in [0, 0.05) is 29.7 Å². The first-order valence-corrected chi connectivity index (χ1v) is 8.10. The van der Waals surface area contributed by atoms with Crippen LogP contribution in [0.2, 0.25) is 0 Å². The maximum atomic E-state index is 11.6. The minimum absolute atomic E-state index is 0.188. The molecule has 0 saturated carbocycles. The van der Waals surface area contributed by atoms with Crippen molar-refractivity contribution in [3.63, 3.8) is 0 Å². The molecule has 0 aliphatic heterocycles. The summed E-state index contributed by atoms with van der Waals surface area (Å²) in [6.45, 7) is 9.02. The number of H-pyrrole nitrogens is 1. The summed E-state index contributed by atoms with van der Waals surface area (Å²) < 4.78 is 5.22. The molecule has 0 radical (unpaired) electrons. The van der Waals surface area contributed by atoms with E-state index in [0.717, 1.165) is 13.0 Å². The number of amides is 1. The lowest BCUT2D eigenvalue weighted by molar-refractivity contribution is 0.0523. The van der Waals surface area contributed by atoms with Crippen molar-refractivity contribution in [1.82, 2.24) is 15.6 Å². The number of carbonyl (C=O) groups excluding carboxylic acids is 1. The van der Waals surface area contributed by atoms with Crippen LogP contribution in [-0.2, 0) is 11.2 Å². The third-order valence-electron chi connectivity index (χ3n) is 3.51. The van der Waals surface area contributed by atoms with Crippen molar-refractivity contribution in [3.05, 3.63) is 36.0 Å². The van der Waals surface area contributed by atoms with E-state index >= 15 is 0 Å². The fraction of sp³-hybridized carbons (Fsp3) is 0.500. The van der Waals surface area contributed by atoms with E-state index in [2.05, 4.69) is 40.0 Å². The number of alkyl carbamates (subject to hydrolysis) is 1. The Hall–Kier alpha value is -2.01. The highest BCUT2D eigenvalue weighted by Crippen LogP contribution is 2.17. The summed E-state index contributed by atoms with van der Waals surface area (Å²) in [6.07, 6.45) is 2.64. The van der Waals surface area contributed by atoms with Gasteiger partial charge < -0.3 is 20.4 Å². The van der Waals surface area contributed by atoms with E-state index in [9.17, 15) is 4.79 Å². The molecule has 5 nitrogen and oxygen atoms in total. The van der Waals surface area contributed by atoms with Gasteiger partial charge in [-0.25, -0.2) is 4.79 Å². The van der Waals surface area contributed by atoms with E-state index in [-0.39, 0.29) is 12.1 Å². The van der Waals surface area contributed by atoms with E-state index in [1.54, 1.807) is 0 Å². The fourth-order valence-corrected chi connectivity index (χ4v) is 2.41. The number of benzene rings is 1. The Labute approximate surface area is 137 Å². The van der Waals surface area contributed by atoms with Crippen LogP contribution in [0.1, 0.15) is 33.3 Å². The molecule has 2 rings (SSSR count). The second kappa shape index (κ2) is 7.51. The number of hydrogen-bond donors (Lipinski definition) is 3. The van der Waals surface area contributed by atoms with Crippen molar-refractivity contribution in [1.29, 1.82) is 0 Å². The first-order chi connectivity index (χ1) is 10.8. The van der Waals surface area contributed by atoms with Gasteiger partial charge in [0.15, 0.2) is 0 Å². The number of aromatic nitrogens is 1. The molecule has 23 heavy (non-hydrogen) atoms. The highest BCUT2D eigenvalue weighted by molar-refractivity contribution is 5.83. The van der Waals surface area contributed by atoms with Gasteiger partial charge >= 0.3 is 6.09 Å². The molecule has 1 aromatic carbocycles. The molecule has 2 aromatic rings. The van der Waals surface area contributed by atoms with Crippen molar-refractivity contribution < 1.29 is 9.53 Å². The van der Waals surface area contributed by atoms with E-state index in [4.69, 9.17) is 4.74 Å². The SMILES string of the molecule is CC(CNC(=O)OC(C)(C)C)NCCc1c[nH]c2ccccc12. The first kappa shape index (κ1) is 17.3. The quantitative estimate of drug-likeness (QED) is 0.766. The van der Waals surface area contributed by atoms with E-state index in [1.165, 1.54) is 16.5 Å². The van der Waals surface area contributed by atoms with Gasteiger partial charge in [0.2, 0.25) is 0 Å². The summed E-state index contributed by atoms with van der Waals surface area (Å²) >= 11 is 0. The largest absolute Gasteiger partial charge is 0.444 e. The molecular weight excluding hydrogens is 290 g/mol. The number of nitrogens with one attached hydrogen (secondary N) is 3. The lowest BCUT2D eigenvalue weighted by Gasteiger charge is -2.21. The number of fused-ring (bicyclic) bond motifs is 1. The monoisotopic (exact) mass is 317 g/mol. The first-order valence-electron chi connectivity index (χ1n) is 8.10. The van der Waals surface area contributed by atoms with Crippen LogP contribution in [0.3, 0.4) is 0 Å². The molecule has 0 bridgehead atoms. The summed E-state index contributed by atoms with van der Waals surface area (Å²) in [6, 6.07) is 8.49. The van der Waals surface area contributed by atoms with Crippen molar-refractivity contribution in [2.45, 2.75) is 45.8 Å². The third kappa shape index (κ3) is 5.60. The predicted molar refractivity (Wildman–Crippen MR) is 93.7 cm³/mol. The Morgan fingerprint density at radius 2 is 2.04 bits per heavy atom. The Morgan fingerprint density at radius 3 is 2.78 bits per heavy atom. The molecule has 0 aliphatic rings. The van der Waals surface area contributed by atoms with Crippen LogP contribution in [0.4, 0.5) is 4.79 Å². The lowest BCUT2D eigenvalue weighted by Crippen LogP contribution is -2.41. The number of aromatic amines is 1. The molecule has 0 saturated heterocycles. The topological polar surface area (TPSA) is 66.2 Å². The van der Waals surface area contributed by atoms with E-state index in [1.807, 2.05) is 33.8 Å². The van der Waals surface area contributed by atoms with Gasteiger partial charge in [0.1, 0.15) is 5.60 Å². The van der Waals surface area contributed by atoms with Crippen molar-refractivity contribution >= 4 is 17.0 Å². The Kier molecular flexibility index (Phi) is 5.66. The van der Waals surface area contributed by atoms with Gasteiger partial charge in [-0.15, -0.1) is 0 Å². The molecular formula is C18H27N3O2. The van der Waals surface area contributed by atoms with Gasteiger partial charge in [0.25, 0.3) is 0 Å². The maximum Gasteiger partial charge on any atom is 0.407 e. The Morgan fingerprint density at radius 1 is 1.30 bits per heavy atom. The molecule has 3 N–H and O–H groups in total. The van der Waals surface area contributed by atoms with Crippen LogP contribution in [-0.4, -0.2) is 35.8 Å². The average molecular weight is 317 g/mol. The van der Waals surface area contributed by atoms with Crippen molar-refractivity contribution in [2.75, 3.05) is 13.1 Å². The average Bonchev–Trinajstić information content (AvgIpc) is 2.87. The van der Waals surface area contributed by atoms with Crippen LogP contribution in [0, 0.1) is 0 Å². The molecule has 1 amide bonds. The second-order valence-corrected chi connectivity index (χ2v) is 6.85. The number of para-hydroxylation sites is 1. The van der Waals surface area contributed by atoms with E-state index in [0.29, 0.717) is 6.54 Å². The van der Waals surface area contributed by atoms with Crippen LogP contribution >= 0.6 is 0 Å². The maximum absolute atomic E-state index is 11.6. The highest BCUT2D eigenvalue weighted by Gasteiger charge is 2.16. The number of carbonyl (C=O) groups is 1. The fourth-order valence-electron chi connectivity index (χ4n) is 2.41. The molecule has 0 fully saturated rings. The summed E-state index contributed by atoms with van der Waals surface area (Å²) in [7, 11) is 0. The smallest absolute Gasteiger partial charge is 0.407 e. The standard InChI is InChI=1S/C18H27N3O2/c1-13(11-21-17(22)23-18(2,3)4)19-10-9-14-12-20-16-8-6-5-7-15(14)16/h5-8,12-13,19-20H,9-11H2,1-4H3,(H,21,22). The highest BCUT2D eigenvalue weighted by atomic mass is 16.6. The summed E-state index contributed by atoms with van der Waals surface area (Å²) in [5.74, 6) is 0. The number of ether oxygens (including phenoxy) is 1. The van der Waals surface area contributed by atoms with Crippen LogP contribution in [0.25, 0.3) is 10.9 Å². The van der Waals surface area contributed by atoms with Crippen LogP contribution in [0.15, 0.2) is 30.5 Å². The molecule has 126 valence electrons. The summed E-state index contributed by atoms with van der Waals surface area (Å²) in [5.41, 5.74) is 2.01. The molecule has 5 heteroatoms. The van der Waals surface area contributed by atoms with Crippen LogP contribution < -0.4 is 10.6 Å². The summed E-state index contributed by atoms with van der Waals surface area (Å²) in [4.78, 5) is 14.9. The van der Waals surface area contributed by atoms with Gasteiger partial charge in [-0.05, 0) is 52.3 Å². The zero-order valence-electron chi connectivity index (χ0n) is 14.4. The molecule has 1 heterocycles. The van der Waals surface area contributed by atoms with Gasteiger partial charge in [-0.2, -0.15) is 0 Å². The summed E-state index contributed by atoms with van der Waals surface area (Å²) in [5, 5.41) is 7.47. The molecule has 1 unspecified atom stereocenters. The van der Waals surface area contributed by atoms with Crippen molar-refractivity contribution in [2.24, 2.45) is 0 Å². The number of rotatable bonds is 6. The van der Waals surface area contributed by atoms with Gasteiger partial charge in [-0.1, -0.05) is 18.2 Å². The zero-order chi connectivity index (χ0) is 16.9. The van der Waals surface area contributed by atoms with Gasteiger partial charge in [0.05, 0.1) is 0 Å². The Bertz CT molecular complexity index is 643. The second-order valence-electron chi connectivity index (χ2n) is 6.85. The van der Waals surface area contributed by atoms with E-state index < -0.39 is 5.60 Å². The lowest BCUT2D eigenvalue weighted by atomic mass is 10.1. The zero-order valence-corrected chi connectivity index (χ0v) is 14.4. The van der Waals surface area contributed by atoms with Crippen molar-refractivity contribution in [3.8, 4) is 0 Å². The predicted octanol–water partition coefficient (Wildman–Crippen LogP) is 3.21.